The van der Waals surface area contributed by atoms with Crippen molar-refractivity contribution in [2.45, 2.75) is 6.18 Å². The molecule has 0 saturated heterocycles. The van der Waals surface area contributed by atoms with Crippen molar-refractivity contribution in [1.29, 1.82) is 0 Å². The van der Waals surface area contributed by atoms with Crippen molar-refractivity contribution in [3.63, 3.8) is 0 Å². The first kappa shape index (κ1) is 18.4. The van der Waals surface area contributed by atoms with E-state index in [2.05, 4.69) is 53.8 Å². The maximum Gasteiger partial charge on any atom is 0.434 e. The molecular formula is C15H8BrF3IN3OS. The fourth-order valence-corrected chi connectivity index (χ4v) is 3.32. The van der Waals surface area contributed by atoms with Gasteiger partial charge in [-0.1, -0.05) is 12.1 Å². The largest absolute Gasteiger partial charge is 0.436 e. The minimum atomic E-state index is -4.48. The predicted molar refractivity (Wildman–Crippen MR) is 102 cm³/mol. The Labute approximate surface area is 166 Å². The summed E-state index contributed by atoms with van der Waals surface area (Å²) in [6, 6.07) is 10.6. The highest BCUT2D eigenvalue weighted by Gasteiger charge is 2.33. The zero-order valence-electron chi connectivity index (χ0n) is 12.1. The van der Waals surface area contributed by atoms with Crippen LogP contribution in [0.4, 0.5) is 24.0 Å². The molecule has 0 radical (unpaired) electrons. The first-order valence-corrected chi connectivity index (χ1v) is 9.47. The second-order valence-electron chi connectivity index (χ2n) is 4.68. The number of benzene rings is 1. The summed E-state index contributed by atoms with van der Waals surface area (Å²) < 4.78 is 45.3. The molecule has 2 heterocycles. The number of hydrogen-bond donors (Lipinski definition) is 1. The van der Waals surface area contributed by atoms with Crippen LogP contribution < -0.4 is 10.1 Å². The summed E-state index contributed by atoms with van der Waals surface area (Å²) in [4.78, 5) is 7.80. The second-order valence-corrected chi connectivity index (χ2v) is 7.51. The number of halogens is 5. The average molecular weight is 542 g/mol. The smallest absolute Gasteiger partial charge is 0.434 e. The van der Waals surface area contributed by atoms with Crippen molar-refractivity contribution < 1.29 is 17.9 Å². The Bertz CT molecular complexity index is 904. The predicted octanol–water partition coefficient (Wildman–Crippen LogP) is 6.46. The molecule has 0 amide bonds. The van der Waals surface area contributed by atoms with Gasteiger partial charge in [-0.3, -0.25) is 0 Å². The van der Waals surface area contributed by atoms with Gasteiger partial charge in [-0.2, -0.15) is 13.2 Å². The van der Waals surface area contributed by atoms with Gasteiger partial charge in [0.05, 0.1) is 3.57 Å². The maximum atomic E-state index is 12.7. The van der Waals surface area contributed by atoms with Gasteiger partial charge in [0.2, 0.25) is 5.88 Å². The molecule has 3 rings (SSSR count). The molecule has 0 aliphatic carbocycles. The van der Waals surface area contributed by atoms with Gasteiger partial charge in [-0.25, -0.2) is 9.97 Å². The molecule has 4 nitrogen and oxygen atoms in total. The number of ether oxygens (including phenoxy) is 1. The fraction of sp³-hybridized carbons (Fsp3) is 0.0667. The van der Waals surface area contributed by atoms with E-state index in [4.69, 9.17) is 4.74 Å². The lowest BCUT2D eigenvalue weighted by Crippen LogP contribution is -2.05. The third-order valence-corrected chi connectivity index (χ3v) is 5.00. The summed E-state index contributed by atoms with van der Waals surface area (Å²) in [7, 11) is 0. The van der Waals surface area contributed by atoms with Gasteiger partial charge < -0.3 is 10.1 Å². The van der Waals surface area contributed by atoms with E-state index in [0.29, 0.717) is 16.0 Å². The number of anilines is 2. The van der Waals surface area contributed by atoms with Crippen LogP contribution in [0.1, 0.15) is 5.69 Å². The third kappa shape index (κ3) is 4.61. The van der Waals surface area contributed by atoms with Crippen LogP contribution in [-0.2, 0) is 6.18 Å². The van der Waals surface area contributed by atoms with E-state index in [1.807, 2.05) is 18.2 Å². The lowest BCUT2D eigenvalue weighted by atomic mass is 10.3. The molecule has 0 atom stereocenters. The third-order valence-electron chi connectivity index (χ3n) is 2.91. The van der Waals surface area contributed by atoms with E-state index >= 15 is 0 Å². The maximum absolute atomic E-state index is 12.7. The van der Waals surface area contributed by atoms with Crippen LogP contribution in [0.25, 0.3) is 0 Å². The molecular weight excluding hydrogens is 534 g/mol. The van der Waals surface area contributed by atoms with E-state index in [-0.39, 0.29) is 11.0 Å². The van der Waals surface area contributed by atoms with Crippen LogP contribution in [-0.4, -0.2) is 9.97 Å². The number of alkyl halides is 3. The van der Waals surface area contributed by atoms with Gasteiger partial charge in [0, 0.05) is 5.38 Å². The number of para-hydroxylation sites is 1. The molecule has 25 heavy (non-hydrogen) atoms. The lowest BCUT2D eigenvalue weighted by molar-refractivity contribution is -0.140. The van der Waals surface area contributed by atoms with Crippen molar-refractivity contribution in [2.75, 3.05) is 5.32 Å². The summed E-state index contributed by atoms with van der Waals surface area (Å²) in [5, 5.41) is 3.88. The molecule has 2 aromatic heterocycles. The van der Waals surface area contributed by atoms with E-state index < -0.39 is 11.9 Å². The molecule has 130 valence electrons. The molecule has 0 aliphatic rings. The Balaban J connectivity index is 1.89. The quantitative estimate of drug-likeness (QED) is 0.304. The van der Waals surface area contributed by atoms with Crippen LogP contribution in [0.5, 0.6) is 11.6 Å². The summed E-state index contributed by atoms with van der Waals surface area (Å²) in [5.74, 6) is 0.814. The van der Waals surface area contributed by atoms with E-state index in [1.165, 1.54) is 0 Å². The molecule has 0 spiro atoms. The van der Waals surface area contributed by atoms with Crippen molar-refractivity contribution in [3.05, 3.63) is 55.6 Å². The number of nitrogens with zero attached hydrogens (tertiary/aromatic N) is 2. The first-order valence-electron chi connectivity index (χ1n) is 6.71. The van der Waals surface area contributed by atoms with Gasteiger partial charge >= 0.3 is 6.18 Å². The summed E-state index contributed by atoms with van der Waals surface area (Å²) >= 11 is 6.24. The number of thiazole rings is 1. The first-order chi connectivity index (χ1) is 11.8. The molecule has 10 heteroatoms. The lowest BCUT2D eigenvalue weighted by Gasteiger charge is -2.12. The molecule has 0 bridgehead atoms. The van der Waals surface area contributed by atoms with Crippen LogP contribution >= 0.6 is 49.9 Å². The van der Waals surface area contributed by atoms with Gasteiger partial charge in [0.25, 0.3) is 0 Å². The highest BCUT2D eigenvalue weighted by molar-refractivity contribution is 14.1. The van der Waals surface area contributed by atoms with E-state index in [0.717, 1.165) is 20.3 Å². The summed E-state index contributed by atoms with van der Waals surface area (Å²) in [5.41, 5.74) is -0.531. The number of aromatic nitrogens is 2. The Morgan fingerprint density at radius 1 is 1.12 bits per heavy atom. The monoisotopic (exact) mass is 541 g/mol. The minimum Gasteiger partial charge on any atom is -0.436 e. The molecule has 0 fully saturated rings. The van der Waals surface area contributed by atoms with Crippen molar-refractivity contribution in [3.8, 4) is 11.6 Å². The van der Waals surface area contributed by atoms with E-state index in [1.54, 1.807) is 18.2 Å². The van der Waals surface area contributed by atoms with Crippen LogP contribution in [0, 0.1) is 3.57 Å². The van der Waals surface area contributed by atoms with Gasteiger partial charge in [0.1, 0.15) is 16.0 Å². The van der Waals surface area contributed by atoms with Crippen molar-refractivity contribution in [2.24, 2.45) is 0 Å². The second kappa shape index (κ2) is 7.46. The highest BCUT2D eigenvalue weighted by atomic mass is 127. The van der Waals surface area contributed by atoms with Gasteiger partial charge in [0.15, 0.2) is 10.8 Å². The zero-order valence-corrected chi connectivity index (χ0v) is 16.7. The van der Waals surface area contributed by atoms with Crippen LogP contribution in [0.15, 0.2) is 46.4 Å². The Morgan fingerprint density at radius 3 is 2.56 bits per heavy atom. The van der Waals surface area contributed by atoms with Crippen LogP contribution in [0.3, 0.4) is 0 Å². The SMILES string of the molecule is FC(F)(F)c1csc(Nc2ccc(Br)nc2Oc2ccccc2I)n1. The van der Waals surface area contributed by atoms with Crippen LogP contribution in [0.2, 0.25) is 0 Å². The number of hydrogen-bond acceptors (Lipinski definition) is 5. The van der Waals surface area contributed by atoms with Crippen molar-refractivity contribution in [1.82, 2.24) is 9.97 Å². The Kier molecular flexibility index (Phi) is 5.49. The molecule has 1 N–H and O–H groups in total. The molecule has 1 aromatic carbocycles. The number of nitrogens with one attached hydrogen (secondary N) is 1. The summed E-state index contributed by atoms with van der Waals surface area (Å²) in [6.07, 6.45) is -4.48. The topological polar surface area (TPSA) is 47.0 Å². The standard InChI is InChI=1S/C15H8BrF3IN3OS/c16-12-6-5-9(21-14-22-11(7-25-14)15(17,18)19)13(23-12)24-10-4-2-1-3-8(10)20/h1-7H,(H,21,22). The Morgan fingerprint density at radius 2 is 1.88 bits per heavy atom. The average Bonchev–Trinajstić information content (AvgIpc) is 3.01. The molecule has 0 aliphatic heterocycles. The Hall–Kier alpha value is -1.40. The molecule has 0 unspecified atom stereocenters. The summed E-state index contributed by atoms with van der Waals surface area (Å²) in [6.45, 7) is 0. The normalized spacial score (nSPS) is 11.4. The fourth-order valence-electron chi connectivity index (χ4n) is 1.80. The van der Waals surface area contributed by atoms with Gasteiger partial charge in [-0.05, 0) is 62.8 Å². The molecule has 3 aromatic rings. The van der Waals surface area contributed by atoms with Gasteiger partial charge in [-0.15, -0.1) is 11.3 Å². The van der Waals surface area contributed by atoms with Crippen molar-refractivity contribution >= 4 is 60.7 Å². The zero-order chi connectivity index (χ0) is 18.0. The number of pyridine rings is 1. The highest BCUT2D eigenvalue weighted by Crippen LogP contribution is 2.36. The van der Waals surface area contributed by atoms with E-state index in [9.17, 15) is 13.2 Å². The minimum absolute atomic E-state index is 0.101. The number of rotatable bonds is 4. The molecule has 0 saturated carbocycles.